The van der Waals surface area contributed by atoms with Crippen molar-refractivity contribution in [1.29, 1.82) is 0 Å². The fourth-order valence-electron chi connectivity index (χ4n) is 1.62. The number of halogens is 3. The van der Waals surface area contributed by atoms with E-state index in [0.29, 0.717) is 13.1 Å². The summed E-state index contributed by atoms with van der Waals surface area (Å²) in [6.07, 6.45) is -2.51. The van der Waals surface area contributed by atoms with Gasteiger partial charge in [-0.15, -0.1) is 5.10 Å². The van der Waals surface area contributed by atoms with Crippen LogP contribution in [0.2, 0.25) is 0 Å². The standard InChI is InChI=1S/C12H13F3N4/c1-19-8-11(17-18-19)7-16-6-9-2-4-10(5-3-9)12(13,14)15/h2-5,8,16H,6-7H2,1H3. The van der Waals surface area contributed by atoms with Crippen LogP contribution < -0.4 is 5.32 Å². The summed E-state index contributed by atoms with van der Waals surface area (Å²) in [5.74, 6) is 0. The molecule has 0 saturated heterocycles. The van der Waals surface area contributed by atoms with Crippen molar-refractivity contribution in [2.24, 2.45) is 7.05 Å². The Kier molecular flexibility index (Phi) is 3.84. The van der Waals surface area contributed by atoms with Gasteiger partial charge < -0.3 is 5.32 Å². The first kappa shape index (κ1) is 13.5. The minimum Gasteiger partial charge on any atom is -0.307 e. The molecule has 1 aromatic heterocycles. The first-order valence-corrected chi connectivity index (χ1v) is 5.67. The number of nitrogens with zero attached hydrogens (tertiary/aromatic N) is 3. The Morgan fingerprint density at radius 2 is 1.84 bits per heavy atom. The van der Waals surface area contributed by atoms with Gasteiger partial charge in [-0.3, -0.25) is 4.68 Å². The summed E-state index contributed by atoms with van der Waals surface area (Å²) in [6.45, 7) is 1.00. The predicted molar refractivity (Wildman–Crippen MR) is 63.0 cm³/mol. The number of benzene rings is 1. The van der Waals surface area contributed by atoms with Gasteiger partial charge in [0, 0.05) is 26.3 Å². The van der Waals surface area contributed by atoms with E-state index in [9.17, 15) is 13.2 Å². The number of aromatic nitrogens is 3. The summed E-state index contributed by atoms with van der Waals surface area (Å²) in [7, 11) is 1.77. The van der Waals surface area contributed by atoms with E-state index in [1.54, 1.807) is 17.9 Å². The molecule has 0 saturated carbocycles. The molecule has 0 spiro atoms. The lowest BCUT2D eigenvalue weighted by Crippen LogP contribution is -2.13. The molecular formula is C12H13F3N4. The molecule has 0 unspecified atom stereocenters. The van der Waals surface area contributed by atoms with Crippen molar-refractivity contribution >= 4 is 0 Å². The fraction of sp³-hybridized carbons (Fsp3) is 0.333. The minimum absolute atomic E-state index is 0.481. The maximum atomic E-state index is 12.4. The molecule has 102 valence electrons. The minimum atomic E-state index is -4.29. The SMILES string of the molecule is Cn1cc(CNCc2ccc(C(F)(F)F)cc2)nn1. The van der Waals surface area contributed by atoms with Crippen molar-refractivity contribution < 1.29 is 13.2 Å². The van der Waals surface area contributed by atoms with E-state index >= 15 is 0 Å². The Morgan fingerprint density at radius 3 is 2.37 bits per heavy atom. The predicted octanol–water partition coefficient (Wildman–Crippen LogP) is 2.12. The van der Waals surface area contributed by atoms with Crippen LogP contribution in [-0.2, 0) is 26.3 Å². The smallest absolute Gasteiger partial charge is 0.307 e. The third-order valence-corrected chi connectivity index (χ3v) is 2.57. The zero-order valence-corrected chi connectivity index (χ0v) is 10.3. The van der Waals surface area contributed by atoms with E-state index < -0.39 is 11.7 Å². The average molecular weight is 270 g/mol. The van der Waals surface area contributed by atoms with Crippen LogP contribution in [0, 0.1) is 0 Å². The first-order chi connectivity index (χ1) is 8.95. The number of hydrogen-bond acceptors (Lipinski definition) is 3. The molecule has 1 heterocycles. The highest BCUT2D eigenvalue weighted by Crippen LogP contribution is 2.28. The Hall–Kier alpha value is -1.89. The Labute approximate surface area is 108 Å². The summed E-state index contributed by atoms with van der Waals surface area (Å²) in [4.78, 5) is 0. The van der Waals surface area contributed by atoms with Crippen molar-refractivity contribution in [2.75, 3.05) is 0 Å². The number of nitrogens with one attached hydrogen (secondary N) is 1. The van der Waals surface area contributed by atoms with Crippen LogP contribution in [0.1, 0.15) is 16.8 Å². The second-order valence-electron chi connectivity index (χ2n) is 4.18. The van der Waals surface area contributed by atoms with E-state index in [-0.39, 0.29) is 0 Å². The normalized spacial score (nSPS) is 11.8. The van der Waals surface area contributed by atoms with Gasteiger partial charge in [0.15, 0.2) is 0 Å². The van der Waals surface area contributed by atoms with Crippen LogP contribution in [0.25, 0.3) is 0 Å². The molecule has 1 aromatic carbocycles. The highest BCUT2D eigenvalue weighted by molar-refractivity contribution is 5.24. The molecule has 4 nitrogen and oxygen atoms in total. The van der Waals surface area contributed by atoms with Gasteiger partial charge in [-0.25, -0.2) is 0 Å². The largest absolute Gasteiger partial charge is 0.416 e. The van der Waals surface area contributed by atoms with Gasteiger partial charge in [0.1, 0.15) is 0 Å². The van der Waals surface area contributed by atoms with Crippen molar-refractivity contribution in [2.45, 2.75) is 19.3 Å². The van der Waals surface area contributed by atoms with Gasteiger partial charge in [-0.05, 0) is 17.7 Å². The zero-order chi connectivity index (χ0) is 13.9. The fourth-order valence-corrected chi connectivity index (χ4v) is 1.62. The monoisotopic (exact) mass is 270 g/mol. The van der Waals surface area contributed by atoms with Crippen LogP contribution >= 0.6 is 0 Å². The van der Waals surface area contributed by atoms with E-state index in [2.05, 4.69) is 15.6 Å². The molecule has 0 fully saturated rings. The summed E-state index contributed by atoms with van der Waals surface area (Å²) in [5, 5.41) is 10.8. The Morgan fingerprint density at radius 1 is 1.16 bits per heavy atom. The molecule has 1 N–H and O–H groups in total. The van der Waals surface area contributed by atoms with Gasteiger partial charge in [-0.2, -0.15) is 13.2 Å². The average Bonchev–Trinajstić information content (AvgIpc) is 2.75. The van der Waals surface area contributed by atoms with E-state index in [1.165, 1.54) is 12.1 Å². The molecule has 0 aliphatic heterocycles. The van der Waals surface area contributed by atoms with Gasteiger partial charge in [-0.1, -0.05) is 17.3 Å². The van der Waals surface area contributed by atoms with Crippen molar-refractivity contribution in [3.05, 3.63) is 47.3 Å². The Balaban J connectivity index is 1.86. The first-order valence-electron chi connectivity index (χ1n) is 5.67. The van der Waals surface area contributed by atoms with Crippen LogP contribution in [0.15, 0.2) is 30.5 Å². The van der Waals surface area contributed by atoms with Crippen molar-refractivity contribution in [1.82, 2.24) is 20.3 Å². The molecule has 0 amide bonds. The molecule has 0 bridgehead atoms. The lowest BCUT2D eigenvalue weighted by atomic mass is 10.1. The molecule has 19 heavy (non-hydrogen) atoms. The maximum Gasteiger partial charge on any atom is 0.416 e. The molecule has 7 heteroatoms. The van der Waals surface area contributed by atoms with Crippen LogP contribution in [-0.4, -0.2) is 15.0 Å². The molecular weight excluding hydrogens is 257 g/mol. The van der Waals surface area contributed by atoms with E-state index in [0.717, 1.165) is 23.4 Å². The second kappa shape index (κ2) is 5.40. The van der Waals surface area contributed by atoms with Gasteiger partial charge >= 0.3 is 6.18 Å². The van der Waals surface area contributed by atoms with Gasteiger partial charge in [0.05, 0.1) is 11.3 Å². The lowest BCUT2D eigenvalue weighted by molar-refractivity contribution is -0.137. The quantitative estimate of drug-likeness (QED) is 0.925. The number of rotatable bonds is 4. The number of aryl methyl sites for hydroxylation is 1. The highest BCUT2D eigenvalue weighted by atomic mass is 19.4. The summed E-state index contributed by atoms with van der Waals surface area (Å²) < 4.78 is 38.7. The van der Waals surface area contributed by atoms with E-state index in [1.807, 2.05) is 0 Å². The maximum absolute atomic E-state index is 12.4. The molecule has 0 aliphatic rings. The van der Waals surface area contributed by atoms with E-state index in [4.69, 9.17) is 0 Å². The summed E-state index contributed by atoms with van der Waals surface area (Å²) in [6, 6.07) is 5.09. The molecule has 2 rings (SSSR count). The van der Waals surface area contributed by atoms with Crippen LogP contribution in [0.3, 0.4) is 0 Å². The zero-order valence-electron chi connectivity index (χ0n) is 10.3. The summed E-state index contributed by atoms with van der Waals surface area (Å²) in [5.41, 5.74) is 0.941. The second-order valence-corrected chi connectivity index (χ2v) is 4.18. The number of hydrogen-bond donors (Lipinski definition) is 1. The third kappa shape index (κ3) is 3.78. The van der Waals surface area contributed by atoms with Gasteiger partial charge in [0.2, 0.25) is 0 Å². The molecule has 0 radical (unpaired) electrons. The molecule has 0 atom stereocenters. The Bertz CT molecular complexity index is 531. The van der Waals surface area contributed by atoms with Crippen molar-refractivity contribution in [3.8, 4) is 0 Å². The molecule has 0 aliphatic carbocycles. The highest BCUT2D eigenvalue weighted by Gasteiger charge is 2.29. The number of alkyl halides is 3. The topological polar surface area (TPSA) is 42.7 Å². The van der Waals surface area contributed by atoms with Gasteiger partial charge in [0.25, 0.3) is 0 Å². The molecule has 2 aromatic rings. The van der Waals surface area contributed by atoms with Crippen molar-refractivity contribution in [3.63, 3.8) is 0 Å². The van der Waals surface area contributed by atoms with Crippen LogP contribution in [0.5, 0.6) is 0 Å². The third-order valence-electron chi connectivity index (χ3n) is 2.57. The van der Waals surface area contributed by atoms with Crippen LogP contribution in [0.4, 0.5) is 13.2 Å². The summed E-state index contributed by atoms with van der Waals surface area (Å²) >= 11 is 0. The lowest BCUT2D eigenvalue weighted by Gasteiger charge is -2.07.